The van der Waals surface area contributed by atoms with Crippen LogP contribution in [0.15, 0.2) is 24.3 Å². The van der Waals surface area contributed by atoms with E-state index in [2.05, 4.69) is 0 Å². The Labute approximate surface area is 138 Å². The molecule has 2 heterocycles. The Morgan fingerprint density at radius 3 is 2.52 bits per heavy atom. The van der Waals surface area contributed by atoms with E-state index in [0.717, 1.165) is 11.2 Å². The van der Waals surface area contributed by atoms with Gasteiger partial charge in [-0.05, 0) is 45.3 Å². The maximum absolute atomic E-state index is 6.08. The molecule has 1 aromatic carbocycles. The first-order chi connectivity index (χ1) is 10.9. The summed E-state index contributed by atoms with van der Waals surface area (Å²) in [4.78, 5) is 0. The Bertz CT molecular complexity index is 524. The van der Waals surface area contributed by atoms with E-state index in [1.165, 1.54) is 0 Å². The van der Waals surface area contributed by atoms with Crippen molar-refractivity contribution in [3.63, 3.8) is 0 Å². The van der Waals surface area contributed by atoms with Crippen LogP contribution in [0.5, 0.6) is 5.75 Å². The van der Waals surface area contributed by atoms with Crippen molar-refractivity contribution in [3.05, 3.63) is 24.3 Å². The molecule has 0 radical (unpaired) electrons. The van der Waals surface area contributed by atoms with Crippen molar-refractivity contribution in [3.8, 4) is 5.75 Å². The van der Waals surface area contributed by atoms with Gasteiger partial charge in [-0.3, -0.25) is 0 Å². The molecule has 126 valence electrons. The van der Waals surface area contributed by atoms with Crippen molar-refractivity contribution in [1.82, 2.24) is 0 Å². The lowest BCUT2D eigenvalue weighted by molar-refractivity contribution is -0.101. The molecular weight excluding hydrogens is 295 g/mol. The number of ether oxygens (including phenoxy) is 3. The van der Waals surface area contributed by atoms with Gasteiger partial charge >= 0.3 is 7.12 Å². The van der Waals surface area contributed by atoms with Crippen molar-refractivity contribution in [2.24, 2.45) is 0 Å². The predicted octanol–water partition coefficient (Wildman–Crippen LogP) is 1.78. The molecule has 2 fully saturated rings. The van der Waals surface area contributed by atoms with E-state index in [0.29, 0.717) is 26.4 Å². The second-order valence-electron chi connectivity index (χ2n) is 7.04. The van der Waals surface area contributed by atoms with Gasteiger partial charge in [0.25, 0.3) is 0 Å². The smallest absolute Gasteiger partial charge is 0.491 e. The third-order valence-corrected chi connectivity index (χ3v) is 4.70. The van der Waals surface area contributed by atoms with Crippen LogP contribution in [0, 0.1) is 0 Å². The molecule has 0 spiro atoms. The topological polar surface area (TPSA) is 46.2 Å². The summed E-state index contributed by atoms with van der Waals surface area (Å²) in [6, 6.07) is 7.84. The van der Waals surface area contributed by atoms with Crippen LogP contribution in [-0.2, 0) is 18.8 Å². The van der Waals surface area contributed by atoms with Gasteiger partial charge < -0.3 is 23.5 Å². The Morgan fingerprint density at radius 1 is 1.13 bits per heavy atom. The van der Waals surface area contributed by atoms with E-state index in [1.807, 2.05) is 52.0 Å². The molecule has 0 amide bonds. The van der Waals surface area contributed by atoms with Gasteiger partial charge in [-0.2, -0.15) is 0 Å². The highest BCUT2D eigenvalue weighted by Crippen LogP contribution is 2.36. The predicted molar refractivity (Wildman–Crippen MR) is 88.2 cm³/mol. The molecular formula is C17H25BO5. The molecule has 1 unspecified atom stereocenters. The van der Waals surface area contributed by atoms with Crippen molar-refractivity contribution >= 4 is 12.6 Å². The van der Waals surface area contributed by atoms with Crippen LogP contribution < -0.4 is 10.2 Å². The lowest BCUT2D eigenvalue weighted by Gasteiger charge is -2.32. The number of hydrogen-bond donors (Lipinski definition) is 0. The van der Waals surface area contributed by atoms with Crippen molar-refractivity contribution < 1.29 is 23.5 Å². The summed E-state index contributed by atoms with van der Waals surface area (Å²) in [5, 5.41) is 0. The first-order valence-corrected chi connectivity index (χ1v) is 8.15. The lowest BCUT2D eigenvalue weighted by Crippen LogP contribution is -2.41. The van der Waals surface area contributed by atoms with Gasteiger partial charge in [-0.15, -0.1) is 0 Å². The van der Waals surface area contributed by atoms with Crippen molar-refractivity contribution in [2.75, 3.05) is 26.4 Å². The van der Waals surface area contributed by atoms with Crippen LogP contribution in [0.4, 0.5) is 0 Å². The van der Waals surface area contributed by atoms with Gasteiger partial charge in [-0.1, -0.05) is 12.1 Å². The lowest BCUT2D eigenvalue weighted by atomic mass is 9.79. The zero-order valence-corrected chi connectivity index (χ0v) is 14.3. The summed E-state index contributed by atoms with van der Waals surface area (Å²) >= 11 is 0. The Morgan fingerprint density at radius 2 is 1.87 bits per heavy atom. The van der Waals surface area contributed by atoms with Gasteiger partial charge in [0.2, 0.25) is 0 Å². The molecule has 1 atom stereocenters. The van der Waals surface area contributed by atoms with Gasteiger partial charge in [0.1, 0.15) is 18.5 Å². The third kappa shape index (κ3) is 3.71. The fraction of sp³-hybridized carbons (Fsp3) is 0.647. The first kappa shape index (κ1) is 16.8. The minimum Gasteiger partial charge on any atom is -0.491 e. The average molecular weight is 320 g/mol. The highest BCUT2D eigenvalue weighted by Gasteiger charge is 2.51. The second kappa shape index (κ2) is 6.44. The third-order valence-electron chi connectivity index (χ3n) is 4.70. The zero-order valence-electron chi connectivity index (χ0n) is 14.3. The SMILES string of the molecule is CC1(C)OB(c2cccc(OCC3COCCO3)c2)OC1(C)C. The first-order valence-electron chi connectivity index (χ1n) is 8.15. The van der Waals surface area contributed by atoms with Gasteiger partial charge in [-0.25, -0.2) is 0 Å². The van der Waals surface area contributed by atoms with Gasteiger partial charge in [0, 0.05) is 0 Å². The minimum absolute atomic E-state index is 0.00995. The maximum atomic E-state index is 6.08. The Kier molecular flexibility index (Phi) is 4.69. The summed E-state index contributed by atoms with van der Waals surface area (Å²) in [6.45, 7) is 10.5. The van der Waals surface area contributed by atoms with E-state index in [9.17, 15) is 0 Å². The molecule has 5 nitrogen and oxygen atoms in total. The van der Waals surface area contributed by atoms with E-state index < -0.39 is 0 Å². The fourth-order valence-corrected chi connectivity index (χ4v) is 2.55. The van der Waals surface area contributed by atoms with Crippen molar-refractivity contribution in [2.45, 2.75) is 45.0 Å². The van der Waals surface area contributed by atoms with Crippen LogP contribution in [0.2, 0.25) is 0 Å². The zero-order chi connectivity index (χ0) is 16.5. The Hall–Kier alpha value is -1.08. The average Bonchev–Trinajstić information content (AvgIpc) is 2.75. The molecule has 0 aliphatic carbocycles. The summed E-state index contributed by atoms with van der Waals surface area (Å²) in [5.74, 6) is 0.784. The molecule has 0 N–H and O–H groups in total. The number of rotatable bonds is 4. The molecule has 6 heteroatoms. The Balaban J connectivity index is 1.63. The van der Waals surface area contributed by atoms with Crippen LogP contribution >= 0.6 is 0 Å². The summed E-state index contributed by atoms with van der Waals surface area (Å²) in [6.07, 6.45) is -0.00995. The van der Waals surface area contributed by atoms with Gasteiger partial charge in [0.05, 0.1) is 31.0 Å². The minimum atomic E-state index is -0.377. The molecule has 2 aliphatic heterocycles. The fourth-order valence-electron chi connectivity index (χ4n) is 2.55. The number of benzene rings is 1. The highest BCUT2D eigenvalue weighted by molar-refractivity contribution is 6.62. The van der Waals surface area contributed by atoms with E-state index in [1.54, 1.807) is 0 Å². The molecule has 0 bridgehead atoms. The monoisotopic (exact) mass is 320 g/mol. The maximum Gasteiger partial charge on any atom is 0.494 e. The van der Waals surface area contributed by atoms with Crippen molar-refractivity contribution in [1.29, 1.82) is 0 Å². The summed E-state index contributed by atoms with van der Waals surface area (Å²) in [5.41, 5.74) is 0.269. The molecule has 2 aliphatic rings. The number of hydrogen-bond acceptors (Lipinski definition) is 5. The van der Waals surface area contributed by atoms with Gasteiger partial charge in [0.15, 0.2) is 0 Å². The highest BCUT2D eigenvalue weighted by atomic mass is 16.7. The van der Waals surface area contributed by atoms with E-state index in [-0.39, 0.29) is 24.4 Å². The molecule has 2 saturated heterocycles. The van der Waals surface area contributed by atoms with E-state index in [4.69, 9.17) is 23.5 Å². The normalized spacial score (nSPS) is 26.3. The molecule has 0 aromatic heterocycles. The van der Waals surface area contributed by atoms with Crippen LogP contribution in [0.1, 0.15) is 27.7 Å². The van der Waals surface area contributed by atoms with E-state index >= 15 is 0 Å². The largest absolute Gasteiger partial charge is 0.494 e. The summed E-state index contributed by atoms with van der Waals surface area (Å²) in [7, 11) is -0.377. The van der Waals surface area contributed by atoms with Crippen LogP contribution in [0.25, 0.3) is 0 Å². The van der Waals surface area contributed by atoms with Crippen LogP contribution in [0.3, 0.4) is 0 Å². The molecule has 1 aromatic rings. The molecule has 0 saturated carbocycles. The summed E-state index contributed by atoms with van der Waals surface area (Å²) < 4.78 is 28.9. The molecule has 3 rings (SSSR count). The van der Waals surface area contributed by atoms with Crippen LogP contribution in [-0.4, -0.2) is 50.9 Å². The molecule has 23 heavy (non-hydrogen) atoms. The quantitative estimate of drug-likeness (QED) is 0.792. The standard InChI is InChI=1S/C17H25BO5/c1-16(2)17(3,4)23-18(22-16)13-6-5-7-14(10-13)21-12-15-11-19-8-9-20-15/h5-7,10,15H,8-9,11-12H2,1-4H3. The second-order valence-corrected chi connectivity index (χ2v) is 7.04.